The highest BCUT2D eigenvalue weighted by Gasteiger charge is 2.13. The van der Waals surface area contributed by atoms with E-state index in [9.17, 15) is 9.59 Å². The maximum Gasteiger partial charge on any atom is 0.243 e. The second kappa shape index (κ2) is 8.17. The number of rotatable bonds is 6. The first-order chi connectivity index (χ1) is 13.4. The molecule has 0 radical (unpaired) electrons. The predicted octanol–water partition coefficient (Wildman–Crippen LogP) is 3.66. The number of hydrogen-bond donors (Lipinski definition) is 2. The molecule has 1 aromatic heterocycles. The second-order valence-corrected chi connectivity index (χ2v) is 6.90. The van der Waals surface area contributed by atoms with Crippen LogP contribution in [-0.2, 0) is 16.0 Å². The molecule has 0 atom stereocenters. The molecule has 2 N–H and O–H groups in total. The molecule has 3 aromatic rings. The summed E-state index contributed by atoms with van der Waals surface area (Å²) in [4.78, 5) is 24.5. The summed E-state index contributed by atoms with van der Waals surface area (Å²) in [7, 11) is 1.59. The summed E-state index contributed by atoms with van der Waals surface area (Å²) in [5, 5.41) is 6.39. The number of carbonyl (C=O) groups excluding carboxylic acids is 2. The number of benzene rings is 2. The molecule has 2 aromatic carbocycles. The molecular weight excluding hydrogens is 356 g/mol. The molecule has 0 saturated carbocycles. The van der Waals surface area contributed by atoms with E-state index in [2.05, 4.69) is 10.6 Å². The number of hydrogen-bond acceptors (Lipinski definition) is 4. The number of furan rings is 1. The normalized spacial score (nSPS) is 10.7. The Kier molecular flexibility index (Phi) is 5.68. The van der Waals surface area contributed by atoms with Crippen molar-refractivity contribution in [2.24, 2.45) is 0 Å². The van der Waals surface area contributed by atoms with E-state index in [1.165, 1.54) is 0 Å². The molecule has 0 spiro atoms. The van der Waals surface area contributed by atoms with Crippen molar-refractivity contribution in [2.75, 3.05) is 19.0 Å². The van der Waals surface area contributed by atoms with E-state index in [-0.39, 0.29) is 24.8 Å². The van der Waals surface area contributed by atoms with Gasteiger partial charge in [0, 0.05) is 22.7 Å². The van der Waals surface area contributed by atoms with Crippen molar-refractivity contribution < 1.29 is 18.7 Å². The standard InChI is InChI=1S/C22H24N2O4/c1-13-7-14(2)22(15(3)8-13)24-21(26)11-23-20(25)9-16-12-28-19-10-17(27-4)5-6-18(16)19/h5-8,10,12H,9,11H2,1-4H3,(H,23,25)(H,24,26). The van der Waals surface area contributed by atoms with Crippen LogP contribution in [0.4, 0.5) is 5.69 Å². The Hall–Kier alpha value is -3.28. The van der Waals surface area contributed by atoms with Gasteiger partial charge in [0.1, 0.15) is 11.3 Å². The van der Waals surface area contributed by atoms with Crippen LogP contribution in [0.1, 0.15) is 22.3 Å². The predicted molar refractivity (Wildman–Crippen MR) is 109 cm³/mol. The van der Waals surface area contributed by atoms with Gasteiger partial charge >= 0.3 is 0 Å². The van der Waals surface area contributed by atoms with E-state index in [0.717, 1.165) is 33.3 Å². The van der Waals surface area contributed by atoms with Crippen molar-refractivity contribution in [2.45, 2.75) is 27.2 Å². The first kappa shape index (κ1) is 19.5. The van der Waals surface area contributed by atoms with Crippen LogP contribution in [0.25, 0.3) is 11.0 Å². The van der Waals surface area contributed by atoms with Crippen LogP contribution in [-0.4, -0.2) is 25.5 Å². The van der Waals surface area contributed by atoms with Crippen LogP contribution < -0.4 is 15.4 Å². The lowest BCUT2D eigenvalue weighted by atomic mass is 10.1. The highest BCUT2D eigenvalue weighted by Crippen LogP contribution is 2.26. The average molecular weight is 380 g/mol. The Morgan fingerprint density at radius 3 is 2.43 bits per heavy atom. The lowest BCUT2D eigenvalue weighted by Crippen LogP contribution is -2.34. The van der Waals surface area contributed by atoms with Crippen LogP contribution >= 0.6 is 0 Å². The summed E-state index contributed by atoms with van der Waals surface area (Å²) >= 11 is 0. The van der Waals surface area contributed by atoms with Crippen molar-refractivity contribution in [3.63, 3.8) is 0 Å². The van der Waals surface area contributed by atoms with Gasteiger partial charge in [0.2, 0.25) is 11.8 Å². The number of aryl methyl sites for hydroxylation is 3. The Bertz CT molecular complexity index is 1010. The van der Waals surface area contributed by atoms with Gasteiger partial charge in [0.15, 0.2) is 0 Å². The smallest absolute Gasteiger partial charge is 0.243 e. The minimum absolute atomic E-state index is 0.0881. The van der Waals surface area contributed by atoms with Crippen molar-refractivity contribution in [3.8, 4) is 5.75 Å². The summed E-state index contributed by atoms with van der Waals surface area (Å²) in [5.74, 6) is 0.187. The maximum absolute atomic E-state index is 12.3. The van der Waals surface area contributed by atoms with E-state index >= 15 is 0 Å². The molecule has 28 heavy (non-hydrogen) atoms. The SMILES string of the molecule is COc1ccc2c(CC(=O)NCC(=O)Nc3c(C)cc(C)cc3C)coc2c1. The zero-order valence-electron chi connectivity index (χ0n) is 16.5. The zero-order chi connectivity index (χ0) is 20.3. The molecule has 0 saturated heterocycles. The van der Waals surface area contributed by atoms with Crippen LogP contribution in [0.15, 0.2) is 41.0 Å². The van der Waals surface area contributed by atoms with Crippen LogP contribution in [0.3, 0.4) is 0 Å². The van der Waals surface area contributed by atoms with Gasteiger partial charge in [-0.3, -0.25) is 9.59 Å². The average Bonchev–Trinajstić information content (AvgIpc) is 3.04. The summed E-state index contributed by atoms with van der Waals surface area (Å²) in [6, 6.07) is 9.48. The van der Waals surface area contributed by atoms with Crippen molar-refractivity contribution in [3.05, 3.63) is 58.8 Å². The van der Waals surface area contributed by atoms with Crippen LogP contribution in [0.2, 0.25) is 0 Å². The third kappa shape index (κ3) is 4.34. The molecule has 0 fully saturated rings. The molecule has 1 heterocycles. The molecule has 6 heteroatoms. The van der Waals surface area contributed by atoms with E-state index < -0.39 is 0 Å². The largest absolute Gasteiger partial charge is 0.497 e. The number of amides is 2. The van der Waals surface area contributed by atoms with Gasteiger partial charge in [0.25, 0.3) is 0 Å². The topological polar surface area (TPSA) is 80.6 Å². The van der Waals surface area contributed by atoms with Gasteiger partial charge < -0.3 is 19.8 Å². The third-order valence-corrected chi connectivity index (χ3v) is 4.60. The van der Waals surface area contributed by atoms with Crippen molar-refractivity contribution >= 4 is 28.5 Å². The van der Waals surface area contributed by atoms with Gasteiger partial charge in [0.05, 0.1) is 26.3 Å². The molecule has 0 bridgehead atoms. The first-order valence-electron chi connectivity index (χ1n) is 9.06. The minimum atomic E-state index is -0.259. The summed E-state index contributed by atoms with van der Waals surface area (Å²) in [5.41, 5.74) is 5.35. The van der Waals surface area contributed by atoms with Gasteiger partial charge in [-0.25, -0.2) is 0 Å². The van der Waals surface area contributed by atoms with Crippen LogP contribution in [0.5, 0.6) is 5.75 Å². The fourth-order valence-corrected chi connectivity index (χ4v) is 3.30. The molecule has 2 amide bonds. The number of fused-ring (bicyclic) bond motifs is 1. The Balaban J connectivity index is 1.58. The fourth-order valence-electron chi connectivity index (χ4n) is 3.30. The molecule has 0 unspecified atom stereocenters. The van der Waals surface area contributed by atoms with E-state index in [0.29, 0.717) is 11.3 Å². The molecule has 0 aliphatic carbocycles. The first-order valence-corrected chi connectivity index (χ1v) is 9.06. The summed E-state index contributed by atoms with van der Waals surface area (Å²) in [6.07, 6.45) is 1.69. The number of ether oxygens (including phenoxy) is 1. The quantitative estimate of drug-likeness (QED) is 0.684. The van der Waals surface area contributed by atoms with Crippen molar-refractivity contribution in [1.29, 1.82) is 0 Å². The van der Waals surface area contributed by atoms with E-state index in [4.69, 9.17) is 9.15 Å². The zero-order valence-corrected chi connectivity index (χ0v) is 16.5. The Labute approximate surface area is 163 Å². The number of methoxy groups -OCH3 is 1. The molecule has 0 aliphatic rings. The minimum Gasteiger partial charge on any atom is -0.497 e. The highest BCUT2D eigenvalue weighted by molar-refractivity contribution is 5.96. The maximum atomic E-state index is 12.3. The van der Waals surface area contributed by atoms with Gasteiger partial charge in [-0.2, -0.15) is 0 Å². The summed E-state index contributed by atoms with van der Waals surface area (Å²) in [6.45, 7) is 5.83. The number of anilines is 1. The number of nitrogens with one attached hydrogen (secondary N) is 2. The van der Waals surface area contributed by atoms with Crippen molar-refractivity contribution in [1.82, 2.24) is 5.32 Å². The molecule has 6 nitrogen and oxygen atoms in total. The Morgan fingerprint density at radius 1 is 1.04 bits per heavy atom. The molecule has 0 aliphatic heterocycles. The van der Waals surface area contributed by atoms with E-state index in [1.807, 2.05) is 45.0 Å². The molecule has 146 valence electrons. The second-order valence-electron chi connectivity index (χ2n) is 6.90. The van der Waals surface area contributed by atoms with Crippen LogP contribution in [0, 0.1) is 20.8 Å². The molecule has 3 rings (SSSR count). The van der Waals surface area contributed by atoms with Gasteiger partial charge in [-0.15, -0.1) is 0 Å². The summed E-state index contributed by atoms with van der Waals surface area (Å²) < 4.78 is 10.7. The Morgan fingerprint density at radius 2 is 1.75 bits per heavy atom. The van der Waals surface area contributed by atoms with Gasteiger partial charge in [-0.1, -0.05) is 17.7 Å². The third-order valence-electron chi connectivity index (χ3n) is 4.60. The highest BCUT2D eigenvalue weighted by atomic mass is 16.5. The van der Waals surface area contributed by atoms with E-state index in [1.54, 1.807) is 19.4 Å². The molecular formula is C22H24N2O4. The van der Waals surface area contributed by atoms with Gasteiger partial charge in [-0.05, 0) is 44.0 Å². The number of carbonyl (C=O) groups is 2. The monoisotopic (exact) mass is 380 g/mol. The fraction of sp³-hybridized carbons (Fsp3) is 0.273. The lowest BCUT2D eigenvalue weighted by molar-refractivity contribution is -0.123. The lowest BCUT2D eigenvalue weighted by Gasteiger charge is -2.13.